The fraction of sp³-hybridized carbons (Fsp3) is 0.591. The normalized spacial score (nSPS) is 18.2. The summed E-state index contributed by atoms with van der Waals surface area (Å²) in [6.07, 6.45) is 2.15. The second kappa shape index (κ2) is 13.4. The first-order chi connectivity index (χ1) is 16.1. The zero-order valence-electron chi connectivity index (χ0n) is 18.8. The molecule has 198 valence electrons. The Balaban J connectivity index is 0.000000362. The third-order valence-electron chi connectivity index (χ3n) is 5.44. The van der Waals surface area contributed by atoms with E-state index < -0.39 is 29.9 Å². The molecule has 1 fully saturated rings. The molecule has 1 aromatic heterocycles. The largest absolute Gasteiger partial charge is 0.490 e. The summed E-state index contributed by atoms with van der Waals surface area (Å²) in [7, 11) is 0. The fourth-order valence-corrected chi connectivity index (χ4v) is 3.47. The first-order valence-electron chi connectivity index (χ1n) is 10.8. The van der Waals surface area contributed by atoms with Gasteiger partial charge in [-0.25, -0.2) is 9.59 Å². The maximum Gasteiger partial charge on any atom is 0.490 e. The van der Waals surface area contributed by atoms with E-state index in [1.54, 1.807) is 11.8 Å². The highest BCUT2D eigenvalue weighted by molar-refractivity contribution is 5.73. The SMILES string of the molecule is O=C(O)C(F)(F)F.O=C(O)C(F)(F)F.OC1(c2ccccn2)CCN(CCC2=CCCCC2)CC1. The average Bonchev–Trinajstić information content (AvgIpc) is 2.80. The van der Waals surface area contributed by atoms with Crippen molar-refractivity contribution in [3.8, 4) is 0 Å². The van der Waals surface area contributed by atoms with Crippen LogP contribution in [0.3, 0.4) is 0 Å². The standard InChI is InChI=1S/C18H26N2O.2C2HF3O2/c21-18(17-8-4-5-12-19-17)10-14-20(15-11-18)13-9-16-6-2-1-3-7-16;2*3-2(4,5)1(6)7/h4-6,8,12,21H,1-3,7,9-11,13-15H2;2*(H,6,7). The van der Waals surface area contributed by atoms with Gasteiger partial charge in [0.2, 0.25) is 0 Å². The molecule has 0 bridgehead atoms. The summed E-state index contributed by atoms with van der Waals surface area (Å²) in [6.45, 7) is 3.09. The molecular weight excluding hydrogens is 486 g/mol. The minimum absolute atomic E-state index is 0.720. The molecule has 0 atom stereocenters. The second-order valence-electron chi connectivity index (χ2n) is 8.05. The number of pyridine rings is 1. The predicted octanol–water partition coefficient (Wildman–Crippen LogP) is 4.52. The molecule has 1 aromatic rings. The second-order valence-corrected chi connectivity index (χ2v) is 8.05. The highest BCUT2D eigenvalue weighted by Crippen LogP contribution is 2.31. The van der Waals surface area contributed by atoms with Gasteiger partial charge in [-0.1, -0.05) is 17.7 Å². The van der Waals surface area contributed by atoms with E-state index >= 15 is 0 Å². The van der Waals surface area contributed by atoms with Gasteiger partial charge in [-0.15, -0.1) is 0 Å². The molecule has 3 rings (SSSR count). The minimum atomic E-state index is -5.08. The number of allylic oxidation sites excluding steroid dienone is 1. The summed E-state index contributed by atoms with van der Waals surface area (Å²) in [4.78, 5) is 24.6. The monoisotopic (exact) mass is 514 g/mol. The number of aliphatic hydroxyl groups is 1. The molecule has 0 unspecified atom stereocenters. The summed E-state index contributed by atoms with van der Waals surface area (Å²) >= 11 is 0. The number of alkyl halides is 6. The van der Waals surface area contributed by atoms with Crippen molar-refractivity contribution in [2.45, 2.75) is 62.9 Å². The third kappa shape index (κ3) is 11.5. The van der Waals surface area contributed by atoms with Crippen LogP contribution in [0.15, 0.2) is 36.0 Å². The molecule has 0 radical (unpaired) electrons. The molecule has 0 aromatic carbocycles. The first-order valence-corrected chi connectivity index (χ1v) is 10.8. The predicted molar refractivity (Wildman–Crippen MR) is 112 cm³/mol. The topological polar surface area (TPSA) is 111 Å². The minimum Gasteiger partial charge on any atom is -0.475 e. The molecule has 0 amide bonds. The maximum absolute atomic E-state index is 10.8. The number of carboxylic acid groups (broad SMARTS) is 2. The van der Waals surface area contributed by atoms with Crippen LogP contribution in [-0.2, 0) is 15.2 Å². The van der Waals surface area contributed by atoms with Crippen molar-refractivity contribution >= 4 is 11.9 Å². The molecule has 2 heterocycles. The number of nitrogens with zero attached hydrogens (tertiary/aromatic N) is 2. The van der Waals surface area contributed by atoms with Gasteiger partial charge >= 0.3 is 24.3 Å². The van der Waals surface area contributed by atoms with Gasteiger partial charge < -0.3 is 20.2 Å². The Morgan fingerprint density at radius 2 is 1.51 bits per heavy atom. The highest BCUT2D eigenvalue weighted by atomic mass is 19.4. The lowest BCUT2D eigenvalue weighted by molar-refractivity contribution is -0.193. The lowest BCUT2D eigenvalue weighted by atomic mass is 9.87. The molecule has 1 aliphatic carbocycles. The van der Waals surface area contributed by atoms with E-state index in [0.29, 0.717) is 0 Å². The summed E-state index contributed by atoms with van der Waals surface area (Å²) < 4.78 is 63.5. The van der Waals surface area contributed by atoms with Gasteiger partial charge in [0.1, 0.15) is 5.60 Å². The molecule has 0 saturated carbocycles. The van der Waals surface area contributed by atoms with E-state index in [4.69, 9.17) is 19.8 Å². The lowest BCUT2D eigenvalue weighted by Crippen LogP contribution is -2.43. The maximum atomic E-state index is 10.8. The Bertz CT molecular complexity index is 811. The lowest BCUT2D eigenvalue weighted by Gasteiger charge is -2.38. The van der Waals surface area contributed by atoms with E-state index in [2.05, 4.69) is 16.0 Å². The Kier molecular flexibility index (Phi) is 11.6. The number of hydrogen-bond donors (Lipinski definition) is 3. The van der Waals surface area contributed by atoms with Crippen molar-refractivity contribution in [2.75, 3.05) is 19.6 Å². The average molecular weight is 514 g/mol. The molecule has 2 aliphatic rings. The number of aromatic nitrogens is 1. The van der Waals surface area contributed by atoms with Crippen molar-refractivity contribution in [3.63, 3.8) is 0 Å². The van der Waals surface area contributed by atoms with Crippen LogP contribution in [0.25, 0.3) is 0 Å². The van der Waals surface area contributed by atoms with Crippen molar-refractivity contribution in [2.24, 2.45) is 0 Å². The zero-order valence-corrected chi connectivity index (χ0v) is 18.8. The van der Waals surface area contributed by atoms with Crippen molar-refractivity contribution in [1.29, 1.82) is 0 Å². The molecular formula is C22H28F6N2O5. The van der Waals surface area contributed by atoms with Crippen LogP contribution in [-0.4, -0.2) is 69.1 Å². The van der Waals surface area contributed by atoms with Gasteiger partial charge in [0.15, 0.2) is 0 Å². The Morgan fingerprint density at radius 1 is 0.971 bits per heavy atom. The molecule has 35 heavy (non-hydrogen) atoms. The van der Waals surface area contributed by atoms with E-state index in [0.717, 1.165) is 38.2 Å². The van der Waals surface area contributed by atoms with E-state index in [9.17, 15) is 31.4 Å². The van der Waals surface area contributed by atoms with Crippen LogP contribution in [0.2, 0.25) is 0 Å². The van der Waals surface area contributed by atoms with Crippen LogP contribution < -0.4 is 0 Å². The number of carbonyl (C=O) groups is 2. The van der Waals surface area contributed by atoms with Crippen LogP contribution in [0.5, 0.6) is 0 Å². The van der Waals surface area contributed by atoms with Gasteiger partial charge in [-0.2, -0.15) is 26.3 Å². The number of likely N-dealkylation sites (tertiary alicyclic amines) is 1. The molecule has 1 aliphatic heterocycles. The fourth-order valence-electron chi connectivity index (χ4n) is 3.47. The van der Waals surface area contributed by atoms with Crippen molar-refractivity contribution < 1.29 is 51.3 Å². The summed E-state index contributed by atoms with van der Waals surface area (Å²) in [6, 6.07) is 5.81. The van der Waals surface area contributed by atoms with Gasteiger partial charge in [0.05, 0.1) is 5.69 Å². The number of aliphatic carboxylic acids is 2. The molecule has 0 spiro atoms. The zero-order chi connectivity index (χ0) is 26.7. The van der Waals surface area contributed by atoms with E-state index in [1.807, 2.05) is 18.2 Å². The number of carboxylic acids is 2. The Hall–Kier alpha value is -2.67. The molecule has 3 N–H and O–H groups in total. The summed E-state index contributed by atoms with van der Waals surface area (Å²) in [5, 5.41) is 25.0. The summed E-state index contributed by atoms with van der Waals surface area (Å²) in [5.74, 6) is -5.51. The smallest absolute Gasteiger partial charge is 0.475 e. The number of hydrogen-bond acceptors (Lipinski definition) is 5. The number of halogens is 6. The van der Waals surface area contributed by atoms with E-state index in [1.165, 1.54) is 32.1 Å². The van der Waals surface area contributed by atoms with Crippen LogP contribution >= 0.6 is 0 Å². The Labute approximate surface area is 198 Å². The Morgan fingerprint density at radius 3 is 1.91 bits per heavy atom. The third-order valence-corrected chi connectivity index (χ3v) is 5.44. The van der Waals surface area contributed by atoms with Crippen molar-refractivity contribution in [3.05, 3.63) is 41.7 Å². The number of piperidine rings is 1. The van der Waals surface area contributed by atoms with Gasteiger partial charge in [0.25, 0.3) is 0 Å². The summed E-state index contributed by atoms with van der Waals surface area (Å²) in [5.41, 5.74) is 1.76. The van der Waals surface area contributed by atoms with E-state index in [-0.39, 0.29) is 0 Å². The van der Waals surface area contributed by atoms with Gasteiger partial charge in [0, 0.05) is 25.8 Å². The van der Waals surface area contributed by atoms with Crippen LogP contribution in [0.1, 0.15) is 50.6 Å². The quantitative estimate of drug-likeness (QED) is 0.400. The highest BCUT2D eigenvalue weighted by Gasteiger charge is 2.39. The first kappa shape index (κ1) is 30.4. The van der Waals surface area contributed by atoms with Gasteiger partial charge in [-0.05, 0) is 57.1 Å². The van der Waals surface area contributed by atoms with Crippen LogP contribution in [0.4, 0.5) is 26.3 Å². The molecule has 13 heteroatoms. The van der Waals surface area contributed by atoms with Crippen molar-refractivity contribution in [1.82, 2.24) is 9.88 Å². The van der Waals surface area contributed by atoms with Crippen LogP contribution in [0, 0.1) is 0 Å². The number of rotatable bonds is 4. The molecule has 7 nitrogen and oxygen atoms in total. The molecule has 1 saturated heterocycles. The van der Waals surface area contributed by atoms with Gasteiger partial charge in [-0.3, -0.25) is 4.98 Å².